The Morgan fingerprint density at radius 1 is 1.17 bits per heavy atom. The van der Waals surface area contributed by atoms with E-state index in [1.54, 1.807) is 0 Å². The first-order chi connectivity index (χ1) is 5.93. The van der Waals surface area contributed by atoms with Gasteiger partial charge in [-0.25, -0.2) is 0 Å². The minimum atomic E-state index is -1.82. The van der Waals surface area contributed by atoms with Gasteiger partial charge < -0.3 is 20.9 Å². The Bertz CT molecular complexity index is 104. The lowest BCUT2D eigenvalue weighted by Gasteiger charge is -2.19. The predicted molar refractivity (Wildman–Crippen MR) is 53.4 cm³/mol. The molecule has 0 N–H and O–H groups in total. The van der Waals surface area contributed by atoms with Gasteiger partial charge in [-0.3, -0.25) is 0 Å². The lowest BCUT2D eigenvalue weighted by atomic mass is 10.5. The van der Waals surface area contributed by atoms with E-state index in [0.29, 0.717) is 0 Å². The molecule has 0 amide bonds. The van der Waals surface area contributed by atoms with Crippen LogP contribution in [0.1, 0.15) is 13.3 Å². The Kier molecular flexibility index (Phi) is 6.37. The van der Waals surface area contributed by atoms with E-state index in [-0.39, 0.29) is 0 Å². The summed E-state index contributed by atoms with van der Waals surface area (Å²) in [6, 6.07) is 0. The summed E-state index contributed by atoms with van der Waals surface area (Å²) in [7, 11) is -4.28. The third-order valence-corrected chi connectivity index (χ3v) is 7.64. The molecule has 1 aliphatic heterocycles. The van der Waals surface area contributed by atoms with Gasteiger partial charge in [0.25, 0.3) is 30.0 Å². The zero-order valence-corrected chi connectivity index (χ0v) is 12.6. The van der Waals surface area contributed by atoms with Gasteiger partial charge in [-0.2, -0.15) is 0 Å². The topological polar surface area (TPSA) is 46.2 Å². The van der Waals surface area contributed by atoms with Crippen molar-refractivity contribution in [3.8, 4) is 0 Å². The maximum atomic E-state index is 5.39. The fourth-order valence-corrected chi connectivity index (χ4v) is 8.61. The van der Waals surface area contributed by atoms with Crippen molar-refractivity contribution in [3.05, 3.63) is 0 Å². The molecule has 1 saturated heterocycles. The fraction of sp³-hybridized carbons (Fsp3) is 1.00. The predicted octanol–water partition coefficient (Wildman–Crippen LogP) is -2.79. The van der Waals surface area contributed by atoms with Gasteiger partial charge in [0.2, 0.25) is 0 Å². The maximum Gasteiger partial charge on any atom is 0.465 e. The molecule has 0 unspecified atom stereocenters. The Morgan fingerprint density at radius 2 is 1.83 bits per heavy atom. The van der Waals surface area contributed by atoms with Crippen LogP contribution >= 0.6 is 0 Å². The van der Waals surface area contributed by atoms with Crippen LogP contribution in [0.25, 0.3) is 0 Å². The lowest BCUT2D eigenvalue weighted by Crippen LogP contribution is -2.35. The van der Waals surface area contributed by atoms with Gasteiger partial charge >= 0.3 is 9.53 Å². The first kappa shape index (κ1) is 10.7. The van der Waals surface area contributed by atoms with Crippen molar-refractivity contribution in [2.45, 2.75) is 13.3 Å². The minimum absolute atomic E-state index is 0.719. The van der Waals surface area contributed by atoms with Crippen LogP contribution < -0.4 is 0 Å². The standard InChI is InChI=1S/C3H14O5Si4/c1-2-3-4-12-7-10-5-9-6-11-8-12/h12H,2-3,9-11H2,1H3. The summed E-state index contributed by atoms with van der Waals surface area (Å²) in [4.78, 5) is 0. The average molecular weight is 242 g/mol. The smallest absolute Gasteiger partial charge is 0.425 e. The lowest BCUT2D eigenvalue weighted by molar-refractivity contribution is 0.184. The van der Waals surface area contributed by atoms with Crippen LogP contribution in [0.5, 0.6) is 0 Å². The quantitative estimate of drug-likeness (QED) is 0.501. The summed E-state index contributed by atoms with van der Waals surface area (Å²) in [6.45, 7) is 2.78. The molecule has 0 spiro atoms. The van der Waals surface area contributed by atoms with Crippen LogP contribution in [0, 0.1) is 0 Å². The van der Waals surface area contributed by atoms with E-state index in [9.17, 15) is 0 Å². The normalized spacial score (nSPS) is 32.2. The van der Waals surface area contributed by atoms with Gasteiger partial charge in [0.1, 0.15) is 0 Å². The van der Waals surface area contributed by atoms with Crippen molar-refractivity contribution in [3.63, 3.8) is 0 Å². The van der Waals surface area contributed by atoms with E-state index >= 15 is 0 Å². The first-order valence-corrected chi connectivity index (χ1v) is 8.81. The second-order valence-corrected chi connectivity index (χ2v) is 9.81. The second kappa shape index (κ2) is 7.11. The van der Waals surface area contributed by atoms with E-state index in [2.05, 4.69) is 6.92 Å². The molecule has 0 aromatic heterocycles. The van der Waals surface area contributed by atoms with Crippen molar-refractivity contribution in [1.82, 2.24) is 0 Å². The number of hydrogen-bond donors (Lipinski definition) is 0. The molecule has 12 heavy (non-hydrogen) atoms. The van der Waals surface area contributed by atoms with E-state index in [0.717, 1.165) is 13.0 Å². The Hall–Kier alpha value is 0.668. The van der Waals surface area contributed by atoms with Gasteiger partial charge in [-0.05, 0) is 6.42 Å². The molecular formula is C3H14O5Si4. The van der Waals surface area contributed by atoms with E-state index in [4.69, 9.17) is 20.9 Å². The van der Waals surface area contributed by atoms with Gasteiger partial charge in [-0.15, -0.1) is 0 Å². The number of hydrogen-bond acceptors (Lipinski definition) is 5. The van der Waals surface area contributed by atoms with Crippen LogP contribution in [0.15, 0.2) is 0 Å². The molecule has 0 saturated carbocycles. The SMILES string of the molecule is CCCO[SiH]1O[SiH2]O[SiH2]O[SiH2]O1. The third-order valence-electron chi connectivity index (χ3n) is 1.20. The van der Waals surface area contributed by atoms with Gasteiger partial charge in [0.15, 0.2) is 0 Å². The highest BCUT2D eigenvalue weighted by Crippen LogP contribution is 1.95. The van der Waals surface area contributed by atoms with E-state index in [1.165, 1.54) is 0 Å². The van der Waals surface area contributed by atoms with Crippen LogP contribution in [-0.4, -0.2) is 46.2 Å². The van der Waals surface area contributed by atoms with Crippen molar-refractivity contribution in [2.24, 2.45) is 0 Å². The summed E-state index contributed by atoms with van der Waals surface area (Å²) in [5.74, 6) is 0. The van der Waals surface area contributed by atoms with Crippen molar-refractivity contribution in [1.29, 1.82) is 0 Å². The fourth-order valence-electron chi connectivity index (χ4n) is 0.693. The second-order valence-electron chi connectivity index (χ2n) is 2.25. The Balaban J connectivity index is 2.11. The van der Waals surface area contributed by atoms with E-state index in [1.807, 2.05) is 0 Å². The largest absolute Gasteiger partial charge is 0.465 e. The summed E-state index contributed by atoms with van der Waals surface area (Å²) < 4.78 is 26.6. The zero-order chi connectivity index (χ0) is 8.65. The molecule has 1 rings (SSSR count). The molecule has 9 heteroatoms. The van der Waals surface area contributed by atoms with Crippen LogP contribution in [0.4, 0.5) is 0 Å². The first-order valence-electron chi connectivity index (χ1n) is 3.93. The minimum Gasteiger partial charge on any atom is -0.425 e. The molecule has 1 fully saturated rings. The van der Waals surface area contributed by atoms with E-state index < -0.39 is 39.5 Å². The molecule has 0 aromatic carbocycles. The number of rotatable bonds is 3. The maximum absolute atomic E-state index is 5.39. The van der Waals surface area contributed by atoms with Gasteiger partial charge in [0, 0.05) is 6.61 Å². The summed E-state index contributed by atoms with van der Waals surface area (Å²) in [5.41, 5.74) is 0. The summed E-state index contributed by atoms with van der Waals surface area (Å²) >= 11 is 0. The van der Waals surface area contributed by atoms with Gasteiger partial charge in [0.05, 0.1) is 0 Å². The highest BCUT2D eigenvalue weighted by atomic mass is 28.4. The van der Waals surface area contributed by atoms with Gasteiger partial charge in [-0.1, -0.05) is 6.92 Å². The Labute approximate surface area is 80.8 Å². The molecule has 72 valence electrons. The molecule has 0 aliphatic carbocycles. The van der Waals surface area contributed by atoms with Crippen molar-refractivity contribution in [2.75, 3.05) is 6.61 Å². The molecule has 1 aliphatic rings. The Morgan fingerprint density at radius 3 is 2.42 bits per heavy atom. The molecule has 1 heterocycles. The third kappa shape index (κ3) is 4.63. The molecule has 0 aromatic rings. The van der Waals surface area contributed by atoms with Crippen LogP contribution in [-0.2, 0) is 20.9 Å². The highest BCUT2D eigenvalue weighted by molar-refractivity contribution is 6.56. The van der Waals surface area contributed by atoms with Crippen LogP contribution in [0.3, 0.4) is 0 Å². The molecule has 5 nitrogen and oxygen atoms in total. The zero-order valence-electron chi connectivity index (χ0n) is 7.15. The molecule has 0 radical (unpaired) electrons. The average Bonchev–Trinajstić information content (AvgIpc) is 2.02. The summed E-state index contributed by atoms with van der Waals surface area (Å²) in [5, 5.41) is 0. The highest BCUT2D eigenvalue weighted by Gasteiger charge is 2.16. The monoisotopic (exact) mass is 242 g/mol. The molecule has 0 atom stereocenters. The van der Waals surface area contributed by atoms with Crippen molar-refractivity contribution >= 4 is 39.5 Å². The molecule has 0 bridgehead atoms. The van der Waals surface area contributed by atoms with Crippen LogP contribution in [0.2, 0.25) is 0 Å². The molecular weight excluding hydrogens is 228 g/mol. The van der Waals surface area contributed by atoms with Crippen molar-refractivity contribution < 1.29 is 20.9 Å². The summed E-state index contributed by atoms with van der Waals surface area (Å²) in [6.07, 6.45) is 0.996.